The SMILES string of the molecule is CC[C@@]1(OC(=O)CCCNC(=O)OC(C)(C)C)C(=O)OCc2c1cc1n(c2=O)Cc2c-1nc1ccc(O)cc1c2[Si](C)(C)CC. The molecule has 1 atom stereocenters. The Morgan fingerprint density at radius 3 is 2.56 bits per heavy atom. The summed E-state index contributed by atoms with van der Waals surface area (Å²) >= 11 is 0. The molecule has 3 aromatic rings. The number of ether oxygens (including phenoxy) is 3. The molecule has 2 aliphatic heterocycles. The Morgan fingerprint density at radius 1 is 1.16 bits per heavy atom. The first-order valence-electron chi connectivity index (χ1n) is 15.4. The molecule has 2 aliphatic rings. The molecule has 0 fully saturated rings. The molecule has 12 heteroatoms. The first kappa shape index (κ1) is 32.2. The fourth-order valence-electron chi connectivity index (χ4n) is 6.16. The number of carbonyl (C=O) groups is 3. The third kappa shape index (κ3) is 5.83. The highest BCUT2D eigenvalue weighted by Crippen LogP contribution is 2.41. The average Bonchev–Trinajstić information content (AvgIpc) is 3.33. The Bertz CT molecular complexity index is 1770. The molecule has 0 saturated carbocycles. The second-order valence-electron chi connectivity index (χ2n) is 13.3. The van der Waals surface area contributed by atoms with Crippen LogP contribution in [0.15, 0.2) is 29.1 Å². The number of amides is 1. The van der Waals surface area contributed by atoms with Gasteiger partial charge in [-0.3, -0.25) is 9.59 Å². The van der Waals surface area contributed by atoms with Gasteiger partial charge in [0.05, 0.1) is 37.1 Å². The second-order valence-corrected chi connectivity index (χ2v) is 18.3. The molecule has 11 nitrogen and oxygen atoms in total. The highest BCUT2D eigenvalue weighted by molar-refractivity contribution is 6.91. The standard InChI is InChI=1S/C33H41N3O8Si/c1-8-33(43-26(38)11-10-14-34-31(41)44-32(3,4)5)23-16-25-27-21(17-36(25)29(39)22(23)18-42-30(33)40)28(45(6,7)9-2)20-15-19(37)12-13-24(20)35-27/h12-13,15-16,37H,8-11,14,17-18H2,1-7H3,(H,34,41)/t33-/m0/s1. The molecule has 4 heterocycles. The number of nitrogens with zero attached hydrogens (tertiary/aromatic N) is 2. The Labute approximate surface area is 262 Å². The van der Waals surface area contributed by atoms with Gasteiger partial charge in [0.25, 0.3) is 5.56 Å². The number of esters is 2. The van der Waals surface area contributed by atoms with Gasteiger partial charge in [0.1, 0.15) is 18.0 Å². The molecular formula is C33H41N3O8Si. The van der Waals surface area contributed by atoms with E-state index in [1.807, 2.05) is 0 Å². The van der Waals surface area contributed by atoms with E-state index in [1.165, 1.54) is 0 Å². The third-order valence-corrected chi connectivity index (χ3v) is 12.4. The summed E-state index contributed by atoms with van der Waals surface area (Å²) in [6, 6.07) is 7.83. The predicted octanol–water partition coefficient (Wildman–Crippen LogP) is 4.58. The monoisotopic (exact) mass is 635 g/mol. The highest BCUT2D eigenvalue weighted by Gasteiger charge is 2.50. The number of hydrogen-bond donors (Lipinski definition) is 2. The fourth-order valence-corrected chi connectivity index (χ4v) is 8.45. The number of rotatable bonds is 8. The molecule has 45 heavy (non-hydrogen) atoms. The van der Waals surface area contributed by atoms with Crippen molar-refractivity contribution >= 4 is 42.2 Å². The van der Waals surface area contributed by atoms with Crippen molar-refractivity contribution in [2.45, 2.75) is 97.4 Å². The van der Waals surface area contributed by atoms with E-state index < -0.39 is 37.3 Å². The number of pyridine rings is 2. The van der Waals surface area contributed by atoms with Crippen LogP contribution in [-0.4, -0.2) is 52.9 Å². The maximum atomic E-state index is 14.0. The molecule has 0 saturated heterocycles. The first-order chi connectivity index (χ1) is 21.1. The van der Waals surface area contributed by atoms with Crippen molar-refractivity contribution in [1.29, 1.82) is 0 Å². The van der Waals surface area contributed by atoms with Crippen LogP contribution in [-0.2, 0) is 42.6 Å². The van der Waals surface area contributed by atoms with Crippen molar-refractivity contribution in [1.82, 2.24) is 14.9 Å². The van der Waals surface area contributed by atoms with Gasteiger partial charge in [0.15, 0.2) is 0 Å². The number of nitrogens with one attached hydrogen (secondary N) is 1. The number of cyclic esters (lactones) is 1. The Kier molecular flexibility index (Phi) is 8.32. The molecular weight excluding hydrogens is 594 g/mol. The summed E-state index contributed by atoms with van der Waals surface area (Å²) in [6.07, 6.45) is -0.353. The van der Waals surface area contributed by atoms with Gasteiger partial charge >= 0.3 is 18.0 Å². The van der Waals surface area contributed by atoms with Crippen molar-refractivity contribution in [3.63, 3.8) is 0 Å². The lowest BCUT2D eigenvalue weighted by molar-refractivity contribution is -0.189. The largest absolute Gasteiger partial charge is 0.508 e. The molecule has 0 bridgehead atoms. The topological polar surface area (TPSA) is 146 Å². The number of fused-ring (bicyclic) bond motifs is 5. The Balaban J connectivity index is 1.52. The van der Waals surface area contributed by atoms with Gasteiger partial charge < -0.3 is 29.2 Å². The normalized spacial score (nSPS) is 17.3. The van der Waals surface area contributed by atoms with E-state index in [1.54, 1.807) is 56.5 Å². The lowest BCUT2D eigenvalue weighted by Crippen LogP contribution is -2.47. The van der Waals surface area contributed by atoms with E-state index in [9.17, 15) is 24.3 Å². The first-order valence-corrected chi connectivity index (χ1v) is 18.6. The maximum Gasteiger partial charge on any atom is 0.407 e. The van der Waals surface area contributed by atoms with Crippen LogP contribution in [0.5, 0.6) is 5.75 Å². The number of carbonyl (C=O) groups excluding carboxylic acids is 3. The molecule has 0 spiro atoms. The van der Waals surface area contributed by atoms with Crippen LogP contribution in [0.2, 0.25) is 19.1 Å². The summed E-state index contributed by atoms with van der Waals surface area (Å²) in [6.45, 7) is 13.9. The lowest BCUT2D eigenvalue weighted by atomic mass is 9.85. The minimum atomic E-state index is -2.04. The minimum Gasteiger partial charge on any atom is -0.508 e. The van der Waals surface area contributed by atoms with Gasteiger partial charge in [-0.05, 0) is 68.6 Å². The smallest absolute Gasteiger partial charge is 0.407 e. The molecule has 0 aliphatic carbocycles. The van der Waals surface area contributed by atoms with Crippen molar-refractivity contribution in [3.8, 4) is 17.1 Å². The second kappa shape index (κ2) is 11.6. The third-order valence-electron chi connectivity index (χ3n) is 8.71. The lowest BCUT2D eigenvalue weighted by Gasteiger charge is -2.35. The minimum absolute atomic E-state index is 0.0575. The van der Waals surface area contributed by atoms with Crippen LogP contribution < -0.4 is 16.1 Å². The van der Waals surface area contributed by atoms with Crippen LogP contribution in [0, 0.1) is 0 Å². The zero-order chi connectivity index (χ0) is 32.9. The quantitative estimate of drug-likeness (QED) is 0.123. The number of alkyl carbamates (subject to hydrolysis) is 1. The number of hydrogen-bond acceptors (Lipinski definition) is 9. The molecule has 5 rings (SSSR count). The van der Waals surface area contributed by atoms with Crippen molar-refractivity contribution in [3.05, 3.63) is 51.3 Å². The molecule has 0 radical (unpaired) electrons. The number of phenolic OH excluding ortho intramolecular Hbond substituents is 1. The Morgan fingerprint density at radius 2 is 1.89 bits per heavy atom. The number of benzene rings is 1. The molecule has 2 N–H and O–H groups in total. The van der Waals surface area contributed by atoms with Crippen molar-refractivity contribution in [2.24, 2.45) is 0 Å². The van der Waals surface area contributed by atoms with Gasteiger partial charge in [-0.25, -0.2) is 14.6 Å². The fraction of sp³-hybridized carbons (Fsp3) is 0.485. The van der Waals surface area contributed by atoms with Crippen LogP contribution >= 0.6 is 0 Å². The molecule has 1 amide bonds. The predicted molar refractivity (Wildman–Crippen MR) is 171 cm³/mol. The average molecular weight is 636 g/mol. The van der Waals surface area contributed by atoms with Crippen molar-refractivity contribution in [2.75, 3.05) is 6.54 Å². The van der Waals surface area contributed by atoms with Crippen LogP contribution in [0.1, 0.15) is 70.6 Å². The molecule has 240 valence electrons. The maximum absolute atomic E-state index is 14.0. The molecule has 1 aromatic carbocycles. The van der Waals surface area contributed by atoms with E-state index >= 15 is 0 Å². The van der Waals surface area contributed by atoms with Gasteiger partial charge in [0.2, 0.25) is 5.60 Å². The summed E-state index contributed by atoms with van der Waals surface area (Å²) in [5.41, 5.74) is 0.663. The zero-order valence-corrected chi connectivity index (χ0v) is 28.0. The van der Waals surface area contributed by atoms with Crippen molar-refractivity contribution < 1.29 is 33.7 Å². The molecule has 2 aromatic heterocycles. The van der Waals surface area contributed by atoms with E-state index in [0.29, 0.717) is 29.0 Å². The molecule has 0 unspecified atom stereocenters. The van der Waals surface area contributed by atoms with Gasteiger partial charge in [-0.15, -0.1) is 0 Å². The summed E-state index contributed by atoms with van der Waals surface area (Å²) < 4.78 is 18.2. The van der Waals surface area contributed by atoms with E-state index in [-0.39, 0.29) is 49.3 Å². The number of phenols is 1. The summed E-state index contributed by atoms with van der Waals surface area (Å²) in [4.78, 5) is 57.4. The van der Waals surface area contributed by atoms with E-state index in [4.69, 9.17) is 19.2 Å². The van der Waals surface area contributed by atoms with Crippen LogP contribution in [0.4, 0.5) is 4.79 Å². The van der Waals surface area contributed by atoms with E-state index in [0.717, 1.165) is 22.2 Å². The number of aromatic nitrogens is 2. The van der Waals surface area contributed by atoms with Gasteiger partial charge in [0, 0.05) is 23.9 Å². The number of aromatic hydroxyl groups is 1. The Hall–Kier alpha value is -4.19. The van der Waals surface area contributed by atoms with Gasteiger partial charge in [-0.1, -0.05) is 33.0 Å². The summed E-state index contributed by atoms with van der Waals surface area (Å²) in [7, 11) is -2.04. The van der Waals surface area contributed by atoms with Crippen LogP contribution in [0.25, 0.3) is 22.3 Å². The van der Waals surface area contributed by atoms with Gasteiger partial charge in [-0.2, -0.15) is 0 Å². The summed E-state index contributed by atoms with van der Waals surface area (Å²) in [5.74, 6) is -1.24. The zero-order valence-electron chi connectivity index (χ0n) is 27.0. The van der Waals surface area contributed by atoms with E-state index in [2.05, 4.69) is 25.3 Å². The van der Waals surface area contributed by atoms with Crippen LogP contribution in [0.3, 0.4) is 0 Å². The summed E-state index contributed by atoms with van der Waals surface area (Å²) in [5, 5.41) is 15.0. The highest BCUT2D eigenvalue weighted by atomic mass is 28.3.